The first kappa shape index (κ1) is 34.5. The average Bonchev–Trinajstić information content (AvgIpc) is 2.78. The Hall–Kier alpha value is -2.57. The Morgan fingerprint density at radius 2 is 1.54 bits per heavy atom. The highest BCUT2D eigenvalue weighted by Crippen LogP contribution is 2.31. The average molecular weight is 546 g/mol. The normalized spacial score (nSPS) is 14.9. The molecule has 2 N–H and O–H groups in total. The van der Waals surface area contributed by atoms with Crippen LogP contribution in [0.4, 0.5) is 4.79 Å². The third-order valence-corrected chi connectivity index (χ3v) is 6.85. The van der Waals surface area contributed by atoms with Gasteiger partial charge in [-0.2, -0.15) is 0 Å². The van der Waals surface area contributed by atoms with Crippen LogP contribution in [0.1, 0.15) is 118 Å². The molecule has 39 heavy (non-hydrogen) atoms. The molecule has 0 heterocycles. The van der Waals surface area contributed by atoms with Crippen LogP contribution in [0.2, 0.25) is 0 Å². The van der Waals surface area contributed by atoms with Crippen molar-refractivity contribution in [3.63, 3.8) is 0 Å². The predicted molar refractivity (Wildman–Crippen MR) is 160 cm³/mol. The second kappa shape index (κ2) is 15.3. The third kappa shape index (κ3) is 11.2. The van der Waals surface area contributed by atoms with Crippen LogP contribution in [0.5, 0.6) is 0 Å². The molecule has 0 aliphatic heterocycles. The van der Waals surface area contributed by atoms with Crippen LogP contribution in [0.25, 0.3) is 0 Å². The second-order valence-electron chi connectivity index (χ2n) is 12.9. The van der Waals surface area contributed by atoms with Crippen LogP contribution in [0.3, 0.4) is 0 Å². The van der Waals surface area contributed by atoms with E-state index < -0.39 is 23.8 Å². The van der Waals surface area contributed by atoms with Gasteiger partial charge in [0.25, 0.3) is 0 Å². The number of amides is 3. The molecule has 3 amide bonds. The molecule has 0 aliphatic carbocycles. The summed E-state index contributed by atoms with van der Waals surface area (Å²) in [5.74, 6) is -0.252. The van der Waals surface area contributed by atoms with Gasteiger partial charge in [-0.3, -0.25) is 9.59 Å². The number of benzene rings is 1. The molecule has 0 saturated heterocycles. The Morgan fingerprint density at radius 3 is 2.03 bits per heavy atom. The van der Waals surface area contributed by atoms with Crippen LogP contribution < -0.4 is 10.6 Å². The zero-order valence-corrected chi connectivity index (χ0v) is 26.6. The minimum atomic E-state index is -0.851. The standard InChI is InChI=1S/C32H55N3O4/c1-13-14-24(8)33-29(36)28(26-18-16-22(6)19-23(26)7)35(25(9)17-15-20(2)3)30(37)27(21(4)5)34-31(38)39-32(10,11)12/h16,18-21,24-25,27-28H,13-15,17H2,1-12H3,(H,33,36)(H,34,38). The maximum Gasteiger partial charge on any atom is 0.408 e. The molecule has 0 spiro atoms. The summed E-state index contributed by atoms with van der Waals surface area (Å²) in [6, 6.07) is 4.04. The van der Waals surface area contributed by atoms with Crippen molar-refractivity contribution in [3.05, 3.63) is 34.9 Å². The lowest BCUT2D eigenvalue weighted by Gasteiger charge is -2.40. The largest absolute Gasteiger partial charge is 0.444 e. The van der Waals surface area contributed by atoms with E-state index >= 15 is 0 Å². The number of carbonyl (C=O) groups is 3. The van der Waals surface area contributed by atoms with Gasteiger partial charge in [0.1, 0.15) is 17.7 Å². The highest BCUT2D eigenvalue weighted by atomic mass is 16.6. The van der Waals surface area contributed by atoms with Crippen LogP contribution >= 0.6 is 0 Å². The van der Waals surface area contributed by atoms with E-state index in [9.17, 15) is 14.4 Å². The van der Waals surface area contributed by atoms with E-state index in [0.717, 1.165) is 42.4 Å². The van der Waals surface area contributed by atoms with Crippen molar-refractivity contribution in [2.75, 3.05) is 0 Å². The molecule has 1 rings (SSSR count). The topological polar surface area (TPSA) is 87.7 Å². The summed E-state index contributed by atoms with van der Waals surface area (Å²) in [6.45, 7) is 23.6. The summed E-state index contributed by atoms with van der Waals surface area (Å²) < 4.78 is 5.49. The lowest BCUT2D eigenvalue weighted by molar-refractivity contribution is -0.146. The predicted octanol–water partition coefficient (Wildman–Crippen LogP) is 6.85. The Balaban J connectivity index is 3.69. The van der Waals surface area contributed by atoms with Crippen molar-refractivity contribution in [3.8, 4) is 0 Å². The lowest BCUT2D eigenvalue weighted by atomic mass is 9.92. The van der Waals surface area contributed by atoms with Gasteiger partial charge in [-0.1, -0.05) is 64.8 Å². The first-order valence-electron chi connectivity index (χ1n) is 14.7. The number of rotatable bonds is 13. The van der Waals surface area contributed by atoms with Gasteiger partial charge in [0.15, 0.2) is 0 Å². The summed E-state index contributed by atoms with van der Waals surface area (Å²) in [5, 5.41) is 5.99. The van der Waals surface area contributed by atoms with Crippen LogP contribution in [-0.4, -0.2) is 46.5 Å². The lowest BCUT2D eigenvalue weighted by Crippen LogP contribution is -2.57. The first-order chi connectivity index (χ1) is 18.0. The molecule has 4 unspecified atom stereocenters. The second-order valence-corrected chi connectivity index (χ2v) is 12.9. The van der Waals surface area contributed by atoms with Gasteiger partial charge in [0, 0.05) is 12.1 Å². The summed E-state index contributed by atoms with van der Waals surface area (Å²) in [4.78, 5) is 43.0. The van der Waals surface area contributed by atoms with E-state index in [1.165, 1.54) is 0 Å². The highest BCUT2D eigenvalue weighted by Gasteiger charge is 2.40. The maximum atomic E-state index is 14.5. The quantitative estimate of drug-likeness (QED) is 0.284. The Bertz CT molecular complexity index is 951. The molecule has 7 heteroatoms. The van der Waals surface area contributed by atoms with Gasteiger partial charge < -0.3 is 20.3 Å². The highest BCUT2D eigenvalue weighted by molar-refractivity contribution is 5.92. The number of alkyl carbamates (subject to hydrolysis) is 1. The number of hydrogen-bond donors (Lipinski definition) is 2. The number of aryl methyl sites for hydroxylation is 2. The molecule has 0 saturated carbocycles. The van der Waals surface area contributed by atoms with Gasteiger partial charge in [-0.25, -0.2) is 4.79 Å². The molecule has 222 valence electrons. The first-order valence-corrected chi connectivity index (χ1v) is 14.7. The summed E-state index contributed by atoms with van der Waals surface area (Å²) in [5.41, 5.74) is 2.14. The fourth-order valence-corrected chi connectivity index (χ4v) is 4.80. The molecule has 1 aromatic rings. The van der Waals surface area contributed by atoms with Crippen molar-refractivity contribution in [2.45, 2.75) is 139 Å². The monoisotopic (exact) mass is 545 g/mol. The number of carbonyl (C=O) groups excluding carboxylic acids is 3. The van der Waals surface area contributed by atoms with Gasteiger partial charge >= 0.3 is 6.09 Å². The van der Waals surface area contributed by atoms with Crippen molar-refractivity contribution in [1.82, 2.24) is 15.5 Å². The van der Waals surface area contributed by atoms with Crippen LogP contribution in [-0.2, 0) is 14.3 Å². The smallest absolute Gasteiger partial charge is 0.408 e. The number of nitrogens with zero attached hydrogens (tertiary/aromatic N) is 1. The van der Waals surface area contributed by atoms with Gasteiger partial charge in [0.2, 0.25) is 11.8 Å². The Morgan fingerprint density at radius 1 is 0.923 bits per heavy atom. The third-order valence-electron chi connectivity index (χ3n) is 6.85. The fourth-order valence-electron chi connectivity index (χ4n) is 4.80. The van der Waals surface area contributed by atoms with Crippen molar-refractivity contribution < 1.29 is 19.1 Å². The number of hydrogen-bond acceptors (Lipinski definition) is 4. The SMILES string of the molecule is CCCC(C)NC(=O)C(c1ccc(C)cc1C)N(C(=O)C(NC(=O)OC(C)(C)C)C(C)C)C(C)CCC(C)C. The van der Waals surface area contributed by atoms with E-state index in [4.69, 9.17) is 4.74 Å². The van der Waals surface area contributed by atoms with Crippen molar-refractivity contribution >= 4 is 17.9 Å². The molecule has 4 atom stereocenters. The van der Waals surface area contributed by atoms with Crippen LogP contribution in [0, 0.1) is 25.7 Å². The van der Waals surface area contributed by atoms with E-state index in [1.54, 1.807) is 25.7 Å². The Labute approximate surface area is 237 Å². The molecular weight excluding hydrogens is 490 g/mol. The van der Waals surface area contributed by atoms with E-state index in [0.29, 0.717) is 5.92 Å². The van der Waals surface area contributed by atoms with E-state index in [2.05, 4.69) is 31.4 Å². The van der Waals surface area contributed by atoms with E-state index in [1.807, 2.05) is 59.7 Å². The molecule has 0 bridgehead atoms. The molecule has 0 radical (unpaired) electrons. The Kier molecular flexibility index (Phi) is 13.5. The van der Waals surface area contributed by atoms with Crippen molar-refractivity contribution in [1.29, 1.82) is 0 Å². The summed E-state index contributed by atoms with van der Waals surface area (Å²) in [7, 11) is 0. The zero-order chi connectivity index (χ0) is 30.1. The molecule has 0 aliphatic rings. The fraction of sp³-hybridized carbons (Fsp3) is 0.719. The van der Waals surface area contributed by atoms with Gasteiger partial charge in [0.05, 0.1) is 0 Å². The maximum absolute atomic E-state index is 14.5. The molecule has 7 nitrogen and oxygen atoms in total. The zero-order valence-electron chi connectivity index (χ0n) is 26.6. The summed E-state index contributed by atoms with van der Waals surface area (Å²) in [6.07, 6.45) is 2.79. The van der Waals surface area contributed by atoms with Crippen molar-refractivity contribution in [2.24, 2.45) is 11.8 Å². The van der Waals surface area contributed by atoms with Gasteiger partial charge in [-0.05, 0) is 90.7 Å². The van der Waals surface area contributed by atoms with Crippen LogP contribution in [0.15, 0.2) is 18.2 Å². The number of ether oxygens (including phenoxy) is 1. The molecule has 1 aromatic carbocycles. The molecular formula is C32H55N3O4. The number of nitrogens with one attached hydrogen (secondary N) is 2. The minimum absolute atomic E-state index is 0.0283. The van der Waals surface area contributed by atoms with E-state index in [-0.39, 0.29) is 29.8 Å². The molecule has 0 fully saturated rings. The molecule has 0 aromatic heterocycles. The van der Waals surface area contributed by atoms with Gasteiger partial charge in [-0.15, -0.1) is 0 Å². The summed E-state index contributed by atoms with van der Waals surface area (Å²) >= 11 is 0. The minimum Gasteiger partial charge on any atom is -0.444 e.